The number of methoxy groups -OCH3 is 1. The van der Waals surface area contributed by atoms with E-state index in [4.69, 9.17) is 0 Å². The van der Waals surface area contributed by atoms with Gasteiger partial charge in [-0.3, -0.25) is 4.79 Å². The molecule has 5 nitrogen and oxygen atoms in total. The molecule has 1 aliphatic carbocycles. The van der Waals surface area contributed by atoms with Crippen LogP contribution >= 0.6 is 11.3 Å². The van der Waals surface area contributed by atoms with Crippen molar-refractivity contribution < 1.29 is 17.9 Å². The Bertz CT molecular complexity index is 572. The largest absolute Gasteiger partial charge is 0.469 e. The van der Waals surface area contributed by atoms with Crippen molar-refractivity contribution in [2.24, 2.45) is 5.41 Å². The number of sulfone groups is 1. The predicted octanol–water partition coefficient (Wildman–Crippen LogP) is 1.71. The zero-order valence-electron chi connectivity index (χ0n) is 11.0. The molecule has 0 amide bonds. The summed E-state index contributed by atoms with van der Waals surface area (Å²) in [6.45, 7) is 1.84. The molecule has 1 aliphatic rings. The molecule has 7 heteroatoms. The maximum absolute atomic E-state index is 12.1. The molecule has 0 aliphatic heterocycles. The summed E-state index contributed by atoms with van der Waals surface area (Å²) in [6, 6.07) is 0. The molecule has 1 saturated carbocycles. The van der Waals surface area contributed by atoms with E-state index >= 15 is 0 Å². The summed E-state index contributed by atoms with van der Waals surface area (Å²) in [5.74, 6) is -0.319. The molecule has 0 atom stereocenters. The molecule has 1 heterocycles. The number of carbonyl (C=O) groups is 1. The highest BCUT2D eigenvalue weighted by atomic mass is 32.2. The number of esters is 1. The van der Waals surface area contributed by atoms with Gasteiger partial charge in [-0.25, -0.2) is 13.4 Å². The lowest BCUT2D eigenvalue weighted by Crippen LogP contribution is -2.22. The highest BCUT2D eigenvalue weighted by molar-refractivity contribution is 7.90. The van der Waals surface area contributed by atoms with E-state index in [0.29, 0.717) is 5.01 Å². The molecule has 0 saturated heterocycles. The van der Waals surface area contributed by atoms with Gasteiger partial charge in [-0.05, 0) is 25.2 Å². The second-order valence-electron chi connectivity index (χ2n) is 5.17. The fraction of sp³-hybridized carbons (Fsp3) is 0.667. The summed E-state index contributed by atoms with van der Waals surface area (Å²) in [6.07, 6.45) is 1.75. The second kappa shape index (κ2) is 5.20. The lowest BCUT2D eigenvalue weighted by Gasteiger charge is -2.13. The van der Waals surface area contributed by atoms with Crippen molar-refractivity contribution in [2.75, 3.05) is 12.9 Å². The van der Waals surface area contributed by atoms with Crippen molar-refractivity contribution in [3.05, 3.63) is 16.1 Å². The van der Waals surface area contributed by atoms with Gasteiger partial charge in [0.1, 0.15) is 10.8 Å². The number of aromatic nitrogens is 1. The molecule has 0 spiro atoms. The maximum atomic E-state index is 12.1. The van der Waals surface area contributed by atoms with E-state index in [9.17, 15) is 13.2 Å². The van der Waals surface area contributed by atoms with Crippen molar-refractivity contribution in [3.8, 4) is 0 Å². The highest BCUT2D eigenvalue weighted by Gasteiger charge is 2.47. The summed E-state index contributed by atoms with van der Waals surface area (Å²) in [7, 11) is -1.91. The minimum atomic E-state index is -3.23. The lowest BCUT2D eigenvalue weighted by molar-refractivity contribution is -0.141. The number of rotatable bonds is 6. The third-order valence-electron chi connectivity index (χ3n) is 3.24. The summed E-state index contributed by atoms with van der Waals surface area (Å²) >= 11 is 1.36. The highest BCUT2D eigenvalue weighted by Crippen LogP contribution is 2.50. The normalized spacial score (nSPS) is 17.2. The van der Waals surface area contributed by atoms with Gasteiger partial charge in [0, 0.05) is 11.1 Å². The van der Waals surface area contributed by atoms with Crippen LogP contribution in [0, 0.1) is 12.3 Å². The molecule has 0 radical (unpaired) electrons. The molecule has 19 heavy (non-hydrogen) atoms. The first-order valence-electron chi connectivity index (χ1n) is 6.02. The Balaban J connectivity index is 1.99. The first-order chi connectivity index (χ1) is 8.84. The SMILES string of the molecule is COC(=O)CC1(CS(=O)(=O)Cc2nc(C)cs2)CC1. The van der Waals surface area contributed by atoms with E-state index in [0.717, 1.165) is 18.5 Å². The molecule has 0 unspecified atom stereocenters. The Morgan fingerprint density at radius 2 is 2.21 bits per heavy atom. The number of aryl methyl sites for hydroxylation is 1. The number of hydrogen-bond acceptors (Lipinski definition) is 6. The fourth-order valence-corrected chi connectivity index (χ4v) is 5.34. The van der Waals surface area contributed by atoms with Gasteiger partial charge in [0.15, 0.2) is 9.84 Å². The molecule has 0 bridgehead atoms. The van der Waals surface area contributed by atoms with Gasteiger partial charge < -0.3 is 4.74 Å². The van der Waals surface area contributed by atoms with Gasteiger partial charge in [-0.1, -0.05) is 0 Å². The van der Waals surface area contributed by atoms with Crippen molar-refractivity contribution in [2.45, 2.75) is 31.9 Å². The van der Waals surface area contributed by atoms with Crippen molar-refractivity contribution >= 4 is 27.1 Å². The first kappa shape index (κ1) is 14.5. The lowest BCUT2D eigenvalue weighted by atomic mass is 10.1. The van der Waals surface area contributed by atoms with Crippen molar-refractivity contribution in [1.82, 2.24) is 4.98 Å². The average Bonchev–Trinajstić information content (AvgIpc) is 2.91. The summed E-state index contributed by atoms with van der Waals surface area (Å²) < 4.78 is 28.9. The number of thiazole rings is 1. The molecule has 0 N–H and O–H groups in total. The summed E-state index contributed by atoms with van der Waals surface area (Å²) in [5, 5.41) is 2.46. The standard InChI is InChI=1S/C12H17NO4S2/c1-9-6-18-10(13-9)7-19(15,16)8-12(3-4-12)5-11(14)17-2/h6H,3-5,7-8H2,1-2H3. The number of carbonyl (C=O) groups excluding carboxylic acids is 1. The minimum absolute atomic E-state index is 0.0333. The van der Waals surface area contributed by atoms with Crippen LogP contribution < -0.4 is 0 Å². The Labute approximate surface area is 116 Å². The van der Waals surface area contributed by atoms with Crippen LogP contribution in [0.2, 0.25) is 0 Å². The van der Waals surface area contributed by atoms with Gasteiger partial charge in [0.05, 0.1) is 19.3 Å². The van der Waals surface area contributed by atoms with E-state index in [1.807, 2.05) is 12.3 Å². The summed E-state index contributed by atoms with van der Waals surface area (Å²) in [4.78, 5) is 15.5. The molecular weight excluding hydrogens is 286 g/mol. The number of hydrogen-bond donors (Lipinski definition) is 0. The van der Waals surface area contributed by atoms with Gasteiger partial charge in [0.25, 0.3) is 0 Å². The van der Waals surface area contributed by atoms with Crippen LogP contribution in [0.25, 0.3) is 0 Å². The second-order valence-corrected chi connectivity index (χ2v) is 8.17. The van der Waals surface area contributed by atoms with Crippen LogP contribution in [0.5, 0.6) is 0 Å². The molecule has 2 rings (SSSR count). The zero-order chi connectivity index (χ0) is 14.1. The van der Waals surface area contributed by atoms with Crippen LogP contribution in [-0.2, 0) is 25.1 Å². The Kier molecular flexibility index (Phi) is 3.96. The Morgan fingerprint density at radius 1 is 1.53 bits per heavy atom. The molecule has 1 fully saturated rings. The summed E-state index contributed by atoms with van der Waals surface area (Å²) in [5.41, 5.74) is 0.448. The van der Waals surface area contributed by atoms with Crippen LogP contribution in [0.3, 0.4) is 0 Å². The van der Waals surface area contributed by atoms with Crippen LogP contribution in [0.1, 0.15) is 30.0 Å². The average molecular weight is 303 g/mol. The van der Waals surface area contributed by atoms with Gasteiger partial charge in [-0.15, -0.1) is 11.3 Å². The van der Waals surface area contributed by atoms with Crippen LogP contribution in [-0.4, -0.2) is 32.2 Å². The molecule has 106 valence electrons. The number of ether oxygens (including phenoxy) is 1. The van der Waals surface area contributed by atoms with Crippen LogP contribution in [0.4, 0.5) is 0 Å². The van der Waals surface area contributed by atoms with E-state index < -0.39 is 15.3 Å². The molecular formula is C12H17NO4S2. The predicted molar refractivity (Wildman–Crippen MR) is 72.6 cm³/mol. The molecule has 1 aromatic heterocycles. The molecule has 1 aromatic rings. The van der Waals surface area contributed by atoms with E-state index in [1.165, 1.54) is 18.4 Å². The quantitative estimate of drug-likeness (QED) is 0.748. The fourth-order valence-electron chi connectivity index (χ4n) is 2.10. The maximum Gasteiger partial charge on any atom is 0.306 e. The Hall–Kier alpha value is -0.950. The van der Waals surface area contributed by atoms with E-state index in [1.54, 1.807) is 0 Å². The number of nitrogens with zero attached hydrogens (tertiary/aromatic N) is 1. The minimum Gasteiger partial charge on any atom is -0.469 e. The third-order valence-corrected chi connectivity index (χ3v) is 6.16. The van der Waals surface area contributed by atoms with Crippen molar-refractivity contribution in [1.29, 1.82) is 0 Å². The Morgan fingerprint density at radius 3 is 2.68 bits per heavy atom. The van der Waals surface area contributed by atoms with Crippen LogP contribution in [0.15, 0.2) is 5.38 Å². The zero-order valence-corrected chi connectivity index (χ0v) is 12.6. The third kappa shape index (κ3) is 4.01. The smallest absolute Gasteiger partial charge is 0.306 e. The monoisotopic (exact) mass is 303 g/mol. The van der Waals surface area contributed by atoms with Gasteiger partial charge in [0.2, 0.25) is 0 Å². The van der Waals surface area contributed by atoms with Crippen molar-refractivity contribution in [3.63, 3.8) is 0 Å². The van der Waals surface area contributed by atoms with Gasteiger partial charge in [-0.2, -0.15) is 0 Å². The topological polar surface area (TPSA) is 73.3 Å². The van der Waals surface area contributed by atoms with E-state index in [2.05, 4.69) is 9.72 Å². The van der Waals surface area contributed by atoms with E-state index in [-0.39, 0.29) is 23.9 Å². The van der Waals surface area contributed by atoms with Gasteiger partial charge >= 0.3 is 5.97 Å². The molecule has 0 aromatic carbocycles. The first-order valence-corrected chi connectivity index (χ1v) is 8.73.